The summed E-state index contributed by atoms with van der Waals surface area (Å²) in [6.45, 7) is 0. The Morgan fingerprint density at radius 2 is 1.68 bits per heavy atom. The summed E-state index contributed by atoms with van der Waals surface area (Å²) in [6, 6.07) is 13.0. The number of hydrogen-bond donors (Lipinski definition) is 0. The van der Waals surface area contributed by atoms with Gasteiger partial charge in [-0.2, -0.15) is 0 Å². The zero-order valence-electron chi connectivity index (χ0n) is 9.75. The van der Waals surface area contributed by atoms with Crippen molar-refractivity contribution in [1.82, 2.24) is 4.98 Å². The van der Waals surface area contributed by atoms with E-state index < -0.39 is 11.6 Å². The van der Waals surface area contributed by atoms with Crippen LogP contribution < -0.4 is 0 Å². The van der Waals surface area contributed by atoms with E-state index in [2.05, 4.69) is 4.98 Å². The SMILES string of the molecule is Fc1ccc(-c2nccc3ccccc23)c(F)c1.[Fe]. The molecule has 3 aromatic rings. The van der Waals surface area contributed by atoms with Gasteiger partial charge in [-0.3, -0.25) is 4.98 Å². The van der Waals surface area contributed by atoms with Crippen molar-refractivity contribution in [3.63, 3.8) is 0 Å². The van der Waals surface area contributed by atoms with Crippen molar-refractivity contribution in [2.24, 2.45) is 0 Å². The average Bonchev–Trinajstić information content (AvgIpc) is 2.38. The van der Waals surface area contributed by atoms with E-state index in [9.17, 15) is 8.78 Å². The summed E-state index contributed by atoms with van der Waals surface area (Å²) in [7, 11) is 0. The third kappa shape index (κ3) is 2.50. The van der Waals surface area contributed by atoms with Crippen molar-refractivity contribution < 1.29 is 25.8 Å². The second-order valence-corrected chi connectivity index (χ2v) is 4.00. The van der Waals surface area contributed by atoms with E-state index in [0.717, 1.165) is 16.8 Å². The summed E-state index contributed by atoms with van der Waals surface area (Å²) in [5.41, 5.74) is 0.846. The van der Waals surface area contributed by atoms with Crippen LogP contribution >= 0.6 is 0 Å². The fourth-order valence-electron chi connectivity index (χ4n) is 2.02. The summed E-state index contributed by atoms with van der Waals surface area (Å²) in [5, 5.41) is 1.83. The first-order valence-electron chi connectivity index (χ1n) is 5.55. The molecule has 0 saturated heterocycles. The molecule has 0 aliphatic rings. The second-order valence-electron chi connectivity index (χ2n) is 4.00. The molecule has 1 nitrogen and oxygen atoms in total. The molecule has 0 spiro atoms. The maximum absolute atomic E-state index is 13.8. The summed E-state index contributed by atoms with van der Waals surface area (Å²) < 4.78 is 26.7. The molecule has 0 aliphatic carbocycles. The van der Waals surface area contributed by atoms with Crippen LogP contribution in [0.4, 0.5) is 8.78 Å². The van der Waals surface area contributed by atoms with E-state index >= 15 is 0 Å². The molecule has 2 aromatic carbocycles. The van der Waals surface area contributed by atoms with Crippen LogP contribution in [0.3, 0.4) is 0 Å². The standard InChI is InChI=1S/C15H9F2N.Fe/c16-11-5-6-13(14(17)9-11)15-12-4-2-1-3-10(12)7-8-18-15;/h1-9H;. The normalized spacial score (nSPS) is 10.2. The maximum Gasteiger partial charge on any atom is 0.135 e. The Balaban J connectivity index is 0.00000133. The van der Waals surface area contributed by atoms with Gasteiger partial charge in [-0.25, -0.2) is 8.78 Å². The van der Waals surface area contributed by atoms with Gasteiger partial charge in [-0.1, -0.05) is 24.3 Å². The molecule has 0 saturated carbocycles. The first kappa shape index (κ1) is 13.7. The largest absolute Gasteiger partial charge is 0.255 e. The van der Waals surface area contributed by atoms with Crippen LogP contribution in [-0.2, 0) is 17.1 Å². The number of pyridine rings is 1. The molecule has 0 unspecified atom stereocenters. The van der Waals surface area contributed by atoms with Gasteiger partial charge in [0, 0.05) is 40.3 Å². The van der Waals surface area contributed by atoms with Gasteiger partial charge in [-0.15, -0.1) is 0 Å². The fraction of sp³-hybridized carbons (Fsp3) is 0. The number of benzene rings is 2. The predicted molar refractivity (Wildman–Crippen MR) is 67.1 cm³/mol. The Morgan fingerprint density at radius 1 is 0.895 bits per heavy atom. The molecule has 0 atom stereocenters. The molecule has 4 heteroatoms. The van der Waals surface area contributed by atoms with Crippen LogP contribution in [0.2, 0.25) is 0 Å². The number of aromatic nitrogens is 1. The molecule has 0 amide bonds. The van der Waals surface area contributed by atoms with Crippen molar-refractivity contribution >= 4 is 10.8 Å². The van der Waals surface area contributed by atoms with Gasteiger partial charge in [-0.05, 0) is 23.6 Å². The van der Waals surface area contributed by atoms with Crippen molar-refractivity contribution in [2.75, 3.05) is 0 Å². The van der Waals surface area contributed by atoms with Crippen LogP contribution in [0.15, 0.2) is 54.7 Å². The Kier molecular flexibility index (Phi) is 3.93. The summed E-state index contributed by atoms with van der Waals surface area (Å²) >= 11 is 0. The maximum atomic E-state index is 13.8. The Morgan fingerprint density at radius 3 is 2.47 bits per heavy atom. The van der Waals surface area contributed by atoms with Crippen molar-refractivity contribution in [2.45, 2.75) is 0 Å². The first-order chi connectivity index (χ1) is 8.75. The van der Waals surface area contributed by atoms with E-state index in [4.69, 9.17) is 0 Å². The summed E-state index contributed by atoms with van der Waals surface area (Å²) in [4.78, 5) is 4.21. The molecule has 0 bridgehead atoms. The molecule has 96 valence electrons. The van der Waals surface area contributed by atoms with Gasteiger partial charge in [0.15, 0.2) is 0 Å². The van der Waals surface area contributed by atoms with Gasteiger partial charge in [0.2, 0.25) is 0 Å². The smallest absolute Gasteiger partial charge is 0.135 e. The molecule has 3 rings (SSSR count). The molecule has 0 fully saturated rings. The molecule has 0 radical (unpaired) electrons. The second kappa shape index (κ2) is 5.47. The van der Waals surface area contributed by atoms with E-state index in [0.29, 0.717) is 11.3 Å². The number of fused-ring (bicyclic) bond motifs is 1. The zero-order chi connectivity index (χ0) is 12.5. The quantitative estimate of drug-likeness (QED) is 0.614. The average molecular weight is 297 g/mol. The minimum absolute atomic E-state index is 0. The van der Waals surface area contributed by atoms with Gasteiger partial charge >= 0.3 is 0 Å². The topological polar surface area (TPSA) is 12.9 Å². The van der Waals surface area contributed by atoms with Crippen molar-refractivity contribution in [1.29, 1.82) is 0 Å². The van der Waals surface area contributed by atoms with Crippen LogP contribution in [0.1, 0.15) is 0 Å². The van der Waals surface area contributed by atoms with E-state index in [-0.39, 0.29) is 17.1 Å². The summed E-state index contributed by atoms with van der Waals surface area (Å²) in [6.07, 6.45) is 1.63. The van der Waals surface area contributed by atoms with Crippen LogP contribution in [-0.4, -0.2) is 4.98 Å². The number of nitrogens with zero attached hydrogens (tertiary/aromatic N) is 1. The van der Waals surface area contributed by atoms with Gasteiger partial charge in [0.05, 0.1) is 5.69 Å². The zero-order valence-corrected chi connectivity index (χ0v) is 10.9. The number of rotatable bonds is 1. The van der Waals surface area contributed by atoms with Crippen LogP contribution in [0.25, 0.3) is 22.0 Å². The monoisotopic (exact) mass is 297 g/mol. The van der Waals surface area contributed by atoms with E-state index in [1.165, 1.54) is 12.1 Å². The van der Waals surface area contributed by atoms with E-state index in [1.807, 2.05) is 30.3 Å². The molecule has 1 aromatic heterocycles. The molecular weight excluding hydrogens is 288 g/mol. The first-order valence-corrected chi connectivity index (χ1v) is 5.55. The van der Waals surface area contributed by atoms with Gasteiger partial charge in [0.1, 0.15) is 11.6 Å². The molecule has 0 N–H and O–H groups in total. The molecular formula is C15H9F2FeN. The summed E-state index contributed by atoms with van der Waals surface area (Å²) in [5.74, 6) is -1.18. The Hall–Kier alpha value is -1.77. The minimum atomic E-state index is -0.598. The molecule has 19 heavy (non-hydrogen) atoms. The Labute approximate surface area is 119 Å². The van der Waals surface area contributed by atoms with Gasteiger partial charge in [0.25, 0.3) is 0 Å². The third-order valence-electron chi connectivity index (χ3n) is 2.86. The van der Waals surface area contributed by atoms with E-state index in [1.54, 1.807) is 6.20 Å². The van der Waals surface area contributed by atoms with Crippen LogP contribution in [0.5, 0.6) is 0 Å². The third-order valence-corrected chi connectivity index (χ3v) is 2.86. The number of halogens is 2. The van der Waals surface area contributed by atoms with Crippen molar-refractivity contribution in [3.8, 4) is 11.3 Å². The predicted octanol–water partition coefficient (Wildman–Crippen LogP) is 4.18. The molecule has 1 heterocycles. The van der Waals surface area contributed by atoms with Gasteiger partial charge < -0.3 is 0 Å². The van der Waals surface area contributed by atoms with Crippen LogP contribution in [0, 0.1) is 11.6 Å². The minimum Gasteiger partial charge on any atom is -0.255 e. The number of hydrogen-bond acceptors (Lipinski definition) is 1. The fourth-order valence-corrected chi connectivity index (χ4v) is 2.02. The van der Waals surface area contributed by atoms with Crippen molar-refractivity contribution in [3.05, 3.63) is 66.4 Å². The molecule has 0 aliphatic heterocycles. The Bertz CT molecular complexity index is 723.